The van der Waals surface area contributed by atoms with Gasteiger partial charge in [0.25, 0.3) is 0 Å². The SMILES string of the molecule is C#CCC(O)COc1c(Br)cc(Cc2cc(Br)c(OCC(C)O)c(Br)c2)cc1Br. The van der Waals surface area contributed by atoms with Crippen LogP contribution in [0.15, 0.2) is 42.2 Å². The van der Waals surface area contributed by atoms with E-state index in [0.717, 1.165) is 29.0 Å². The van der Waals surface area contributed by atoms with Gasteiger partial charge in [-0.25, -0.2) is 0 Å². The van der Waals surface area contributed by atoms with E-state index < -0.39 is 12.2 Å². The molecule has 0 heterocycles. The zero-order valence-electron chi connectivity index (χ0n) is 15.6. The lowest BCUT2D eigenvalue weighted by Gasteiger charge is -2.15. The Morgan fingerprint density at radius 1 is 0.862 bits per heavy atom. The summed E-state index contributed by atoms with van der Waals surface area (Å²) < 4.78 is 14.5. The van der Waals surface area contributed by atoms with E-state index in [0.29, 0.717) is 17.9 Å². The summed E-state index contributed by atoms with van der Waals surface area (Å²) in [6.07, 6.45) is 4.88. The molecule has 29 heavy (non-hydrogen) atoms. The number of rotatable bonds is 9. The van der Waals surface area contributed by atoms with Gasteiger partial charge in [-0.05, 0) is 112 Å². The summed E-state index contributed by atoms with van der Waals surface area (Å²) in [5.74, 6) is 3.69. The van der Waals surface area contributed by atoms with Gasteiger partial charge < -0.3 is 19.7 Å². The Kier molecular flexibility index (Phi) is 9.99. The van der Waals surface area contributed by atoms with Gasteiger partial charge in [-0.15, -0.1) is 12.3 Å². The van der Waals surface area contributed by atoms with E-state index in [1.807, 2.05) is 24.3 Å². The molecule has 0 spiro atoms. The second kappa shape index (κ2) is 11.7. The molecule has 0 amide bonds. The largest absolute Gasteiger partial charge is 0.489 e. The summed E-state index contributed by atoms with van der Waals surface area (Å²) in [5.41, 5.74) is 2.14. The Morgan fingerprint density at radius 3 is 1.66 bits per heavy atom. The lowest BCUT2D eigenvalue weighted by atomic mass is 10.0. The van der Waals surface area contributed by atoms with E-state index in [2.05, 4.69) is 69.6 Å². The molecule has 2 N–H and O–H groups in total. The normalized spacial score (nSPS) is 12.9. The van der Waals surface area contributed by atoms with Gasteiger partial charge in [-0.2, -0.15) is 0 Å². The molecule has 2 unspecified atom stereocenters. The van der Waals surface area contributed by atoms with E-state index >= 15 is 0 Å². The summed E-state index contributed by atoms with van der Waals surface area (Å²) in [7, 11) is 0. The predicted octanol–water partition coefficient (Wildman–Crippen LogP) is 5.85. The maximum atomic E-state index is 9.75. The Balaban J connectivity index is 2.15. The van der Waals surface area contributed by atoms with Crippen LogP contribution in [0, 0.1) is 12.3 Å². The van der Waals surface area contributed by atoms with Crippen molar-refractivity contribution in [2.45, 2.75) is 32.0 Å². The van der Waals surface area contributed by atoms with Crippen molar-refractivity contribution in [3.05, 3.63) is 53.3 Å². The third-order valence-corrected chi connectivity index (χ3v) is 6.12. The monoisotopic (exact) mass is 652 g/mol. The Morgan fingerprint density at radius 2 is 1.28 bits per heavy atom. The van der Waals surface area contributed by atoms with Gasteiger partial charge in [0, 0.05) is 6.42 Å². The van der Waals surface area contributed by atoms with Crippen molar-refractivity contribution in [1.29, 1.82) is 0 Å². The summed E-state index contributed by atoms with van der Waals surface area (Å²) in [6.45, 7) is 2.01. The average Bonchev–Trinajstić information content (AvgIpc) is 2.60. The van der Waals surface area contributed by atoms with Gasteiger partial charge in [0.05, 0.1) is 30.1 Å². The lowest BCUT2D eigenvalue weighted by Crippen LogP contribution is -2.17. The molecule has 0 radical (unpaired) electrons. The fraction of sp³-hybridized carbons (Fsp3) is 0.333. The molecule has 0 saturated heterocycles. The molecule has 0 fully saturated rings. The van der Waals surface area contributed by atoms with Crippen LogP contribution in [0.3, 0.4) is 0 Å². The maximum absolute atomic E-state index is 9.75. The molecule has 2 aromatic rings. The van der Waals surface area contributed by atoms with Crippen LogP contribution in [0.2, 0.25) is 0 Å². The maximum Gasteiger partial charge on any atom is 0.147 e. The number of hydrogen-bond acceptors (Lipinski definition) is 4. The highest BCUT2D eigenvalue weighted by molar-refractivity contribution is 9.11. The van der Waals surface area contributed by atoms with Gasteiger partial charge in [0.2, 0.25) is 0 Å². The van der Waals surface area contributed by atoms with Gasteiger partial charge in [-0.3, -0.25) is 0 Å². The van der Waals surface area contributed by atoms with E-state index in [4.69, 9.17) is 15.9 Å². The van der Waals surface area contributed by atoms with E-state index in [9.17, 15) is 10.2 Å². The molecule has 8 heteroatoms. The molecule has 156 valence electrons. The minimum Gasteiger partial charge on any atom is -0.489 e. The van der Waals surface area contributed by atoms with Crippen molar-refractivity contribution in [2.75, 3.05) is 13.2 Å². The molecule has 0 aliphatic heterocycles. The minimum atomic E-state index is -0.706. The highest BCUT2D eigenvalue weighted by Gasteiger charge is 2.14. The van der Waals surface area contributed by atoms with Crippen molar-refractivity contribution < 1.29 is 19.7 Å². The van der Waals surface area contributed by atoms with Crippen molar-refractivity contribution >= 4 is 63.7 Å². The summed E-state index contributed by atoms with van der Waals surface area (Å²) in [6, 6.07) is 7.94. The van der Waals surface area contributed by atoms with Crippen LogP contribution in [0.25, 0.3) is 0 Å². The quantitative estimate of drug-likeness (QED) is 0.333. The van der Waals surface area contributed by atoms with E-state index in [1.165, 1.54) is 0 Å². The number of ether oxygens (including phenoxy) is 2. The minimum absolute atomic E-state index is 0.120. The number of aliphatic hydroxyl groups is 2. The number of terminal acetylenes is 1. The molecular weight excluding hydrogens is 636 g/mol. The molecule has 0 aliphatic rings. The van der Waals surface area contributed by atoms with Crippen molar-refractivity contribution in [2.24, 2.45) is 0 Å². The van der Waals surface area contributed by atoms with E-state index in [1.54, 1.807) is 6.92 Å². The Hall–Kier alpha value is -0.560. The molecule has 2 atom stereocenters. The smallest absolute Gasteiger partial charge is 0.147 e. The predicted molar refractivity (Wildman–Crippen MR) is 129 cm³/mol. The summed E-state index contributed by atoms with van der Waals surface area (Å²) in [5, 5.41) is 19.2. The molecule has 0 aliphatic carbocycles. The van der Waals surface area contributed by atoms with Crippen molar-refractivity contribution in [1.82, 2.24) is 0 Å². The van der Waals surface area contributed by atoms with Gasteiger partial charge in [0.15, 0.2) is 0 Å². The van der Waals surface area contributed by atoms with Crippen LogP contribution in [-0.2, 0) is 6.42 Å². The third kappa shape index (κ3) is 7.57. The highest BCUT2D eigenvalue weighted by atomic mass is 79.9. The fourth-order valence-corrected chi connectivity index (χ4v) is 5.54. The average molecular weight is 656 g/mol. The number of aliphatic hydroxyl groups excluding tert-OH is 2. The molecule has 0 bridgehead atoms. The first-order chi connectivity index (χ1) is 13.7. The molecule has 0 aromatic heterocycles. The first kappa shape index (κ1) is 24.7. The van der Waals surface area contributed by atoms with Gasteiger partial charge in [0.1, 0.15) is 24.7 Å². The first-order valence-electron chi connectivity index (χ1n) is 8.72. The zero-order chi connectivity index (χ0) is 21.6. The molecule has 2 rings (SSSR count). The first-order valence-corrected chi connectivity index (χ1v) is 11.9. The van der Waals surface area contributed by atoms with Crippen LogP contribution in [0.1, 0.15) is 24.5 Å². The van der Waals surface area contributed by atoms with Gasteiger partial charge >= 0.3 is 0 Å². The molecule has 4 nitrogen and oxygen atoms in total. The Bertz CT molecular complexity index is 847. The third-order valence-electron chi connectivity index (χ3n) is 3.77. The number of halogens is 4. The van der Waals surface area contributed by atoms with Crippen LogP contribution < -0.4 is 9.47 Å². The second-order valence-corrected chi connectivity index (χ2v) is 9.90. The molecule has 0 saturated carbocycles. The summed E-state index contributed by atoms with van der Waals surface area (Å²) >= 11 is 14.1. The number of benzene rings is 2. The lowest BCUT2D eigenvalue weighted by molar-refractivity contribution is 0.111. The van der Waals surface area contributed by atoms with Gasteiger partial charge in [-0.1, -0.05) is 0 Å². The summed E-state index contributed by atoms with van der Waals surface area (Å²) in [4.78, 5) is 0. The fourth-order valence-electron chi connectivity index (χ4n) is 2.52. The van der Waals surface area contributed by atoms with Crippen molar-refractivity contribution in [3.63, 3.8) is 0 Å². The van der Waals surface area contributed by atoms with Crippen LogP contribution in [-0.4, -0.2) is 35.6 Å². The van der Waals surface area contributed by atoms with Crippen LogP contribution >= 0.6 is 63.7 Å². The highest BCUT2D eigenvalue weighted by Crippen LogP contribution is 2.38. The van der Waals surface area contributed by atoms with E-state index in [-0.39, 0.29) is 19.6 Å². The number of hydrogen-bond donors (Lipinski definition) is 2. The van der Waals surface area contributed by atoms with Crippen molar-refractivity contribution in [3.8, 4) is 23.8 Å². The van der Waals surface area contributed by atoms with Crippen LogP contribution in [0.4, 0.5) is 0 Å². The standard InChI is InChI=1S/C21H20Br4O4/c1-3-4-15(27)11-29-21-18(24)8-14(9-19(21)25)5-13-6-16(22)20(17(23)7-13)28-10-12(2)26/h1,6-9,12,15,26-27H,4-5,10-11H2,2H3. The topological polar surface area (TPSA) is 58.9 Å². The molecular formula is C21H20Br4O4. The van der Waals surface area contributed by atoms with Crippen LogP contribution in [0.5, 0.6) is 11.5 Å². The molecule has 2 aromatic carbocycles. The Labute approximate surface area is 204 Å². The zero-order valence-corrected chi connectivity index (χ0v) is 21.9. The second-order valence-electron chi connectivity index (χ2n) is 6.49.